The molecule has 2 aromatic rings. The standard InChI is InChI=1S/C14H12O2S/c1-9-7-17-8-13(9)14(15)10-2-3-11-5-16-6-12(11)4-10/h2-4,7-8H,5-6H2,1H3. The van der Waals surface area contributed by atoms with Gasteiger partial charge in [-0.05, 0) is 35.1 Å². The normalized spacial score (nSPS) is 13.7. The molecular weight excluding hydrogens is 232 g/mol. The summed E-state index contributed by atoms with van der Waals surface area (Å²) in [6.07, 6.45) is 0. The maximum absolute atomic E-state index is 12.3. The fourth-order valence-electron chi connectivity index (χ4n) is 2.06. The first kappa shape index (κ1) is 10.7. The summed E-state index contributed by atoms with van der Waals surface area (Å²) in [5, 5.41) is 3.92. The van der Waals surface area contributed by atoms with E-state index in [0.717, 1.165) is 22.3 Å². The van der Waals surface area contributed by atoms with Gasteiger partial charge in [0.05, 0.1) is 13.2 Å². The number of thiophene rings is 1. The third kappa shape index (κ3) is 1.81. The molecule has 17 heavy (non-hydrogen) atoms. The topological polar surface area (TPSA) is 26.3 Å². The Morgan fingerprint density at radius 2 is 2.06 bits per heavy atom. The van der Waals surface area contributed by atoms with Crippen molar-refractivity contribution in [3.05, 3.63) is 56.8 Å². The van der Waals surface area contributed by atoms with Crippen LogP contribution in [0.5, 0.6) is 0 Å². The Labute approximate surface area is 104 Å². The molecule has 0 saturated heterocycles. The van der Waals surface area contributed by atoms with Crippen molar-refractivity contribution in [2.24, 2.45) is 0 Å². The number of carbonyl (C=O) groups excluding carboxylic acids is 1. The summed E-state index contributed by atoms with van der Waals surface area (Å²) in [4.78, 5) is 12.3. The summed E-state index contributed by atoms with van der Waals surface area (Å²) in [5.74, 6) is 0.110. The third-order valence-corrected chi connectivity index (χ3v) is 3.95. The minimum absolute atomic E-state index is 0.110. The maximum atomic E-state index is 12.3. The largest absolute Gasteiger partial charge is 0.372 e. The van der Waals surface area contributed by atoms with Gasteiger partial charge in [-0.25, -0.2) is 0 Å². The molecule has 0 saturated carbocycles. The van der Waals surface area contributed by atoms with Crippen LogP contribution in [0.2, 0.25) is 0 Å². The van der Waals surface area contributed by atoms with E-state index in [0.29, 0.717) is 13.2 Å². The molecule has 1 aliphatic rings. The second-order valence-corrected chi connectivity index (χ2v) is 5.02. The van der Waals surface area contributed by atoms with E-state index < -0.39 is 0 Å². The second-order valence-electron chi connectivity index (χ2n) is 4.27. The van der Waals surface area contributed by atoms with Gasteiger partial charge in [-0.1, -0.05) is 12.1 Å². The van der Waals surface area contributed by atoms with Crippen molar-refractivity contribution in [3.63, 3.8) is 0 Å². The molecule has 3 rings (SSSR count). The molecule has 2 nitrogen and oxygen atoms in total. The Morgan fingerprint density at radius 3 is 2.82 bits per heavy atom. The average Bonchev–Trinajstić information content (AvgIpc) is 2.95. The molecule has 0 bridgehead atoms. The first-order valence-electron chi connectivity index (χ1n) is 5.53. The van der Waals surface area contributed by atoms with Gasteiger partial charge in [-0.2, -0.15) is 11.3 Å². The van der Waals surface area contributed by atoms with Crippen LogP contribution in [0.1, 0.15) is 32.6 Å². The van der Waals surface area contributed by atoms with Crippen molar-refractivity contribution in [2.45, 2.75) is 20.1 Å². The molecule has 2 heterocycles. The van der Waals surface area contributed by atoms with Gasteiger partial charge in [0, 0.05) is 16.5 Å². The number of ketones is 1. The highest BCUT2D eigenvalue weighted by Crippen LogP contribution is 2.24. The van der Waals surface area contributed by atoms with Gasteiger partial charge in [-0.15, -0.1) is 0 Å². The number of hydrogen-bond donors (Lipinski definition) is 0. The summed E-state index contributed by atoms with van der Waals surface area (Å²) >= 11 is 1.57. The van der Waals surface area contributed by atoms with Crippen molar-refractivity contribution >= 4 is 17.1 Å². The van der Waals surface area contributed by atoms with Crippen molar-refractivity contribution in [3.8, 4) is 0 Å². The predicted octanol–water partition coefficient (Wildman–Crippen LogP) is 3.32. The number of fused-ring (bicyclic) bond motifs is 1. The maximum Gasteiger partial charge on any atom is 0.194 e. The van der Waals surface area contributed by atoms with Crippen LogP contribution in [-0.4, -0.2) is 5.78 Å². The molecule has 0 N–H and O–H groups in total. The number of rotatable bonds is 2. The predicted molar refractivity (Wildman–Crippen MR) is 67.4 cm³/mol. The van der Waals surface area contributed by atoms with Crippen molar-refractivity contribution in [2.75, 3.05) is 0 Å². The molecule has 0 atom stereocenters. The molecule has 1 aromatic heterocycles. The second kappa shape index (κ2) is 4.09. The third-order valence-electron chi connectivity index (χ3n) is 3.08. The van der Waals surface area contributed by atoms with Gasteiger partial charge < -0.3 is 4.74 Å². The molecule has 0 amide bonds. The van der Waals surface area contributed by atoms with Gasteiger partial charge in [0.2, 0.25) is 0 Å². The molecule has 3 heteroatoms. The van der Waals surface area contributed by atoms with Crippen molar-refractivity contribution in [1.29, 1.82) is 0 Å². The van der Waals surface area contributed by atoms with Gasteiger partial charge in [0.25, 0.3) is 0 Å². The molecule has 0 fully saturated rings. The van der Waals surface area contributed by atoms with Crippen molar-refractivity contribution in [1.82, 2.24) is 0 Å². The van der Waals surface area contributed by atoms with Gasteiger partial charge in [-0.3, -0.25) is 4.79 Å². The Hall–Kier alpha value is -1.45. The van der Waals surface area contributed by atoms with Gasteiger partial charge in [0.15, 0.2) is 5.78 Å². The highest BCUT2D eigenvalue weighted by Gasteiger charge is 2.16. The average molecular weight is 244 g/mol. The number of aryl methyl sites for hydroxylation is 1. The summed E-state index contributed by atoms with van der Waals surface area (Å²) in [6, 6.07) is 5.85. The Bertz CT molecular complexity index is 584. The summed E-state index contributed by atoms with van der Waals surface area (Å²) in [6.45, 7) is 3.26. The zero-order valence-corrected chi connectivity index (χ0v) is 10.3. The fourth-order valence-corrected chi connectivity index (χ4v) is 2.89. The van der Waals surface area contributed by atoms with E-state index >= 15 is 0 Å². The van der Waals surface area contributed by atoms with Crippen molar-refractivity contribution < 1.29 is 9.53 Å². The molecule has 1 aromatic carbocycles. The van der Waals surface area contributed by atoms with Crippen LogP contribution >= 0.6 is 11.3 Å². The highest BCUT2D eigenvalue weighted by molar-refractivity contribution is 7.08. The van der Waals surface area contributed by atoms with Crippen LogP contribution in [0, 0.1) is 6.92 Å². The molecule has 1 aliphatic heterocycles. The first-order chi connectivity index (χ1) is 8.25. The molecular formula is C14H12O2S. The zero-order valence-electron chi connectivity index (χ0n) is 9.53. The number of hydrogen-bond acceptors (Lipinski definition) is 3. The quantitative estimate of drug-likeness (QED) is 0.757. The fraction of sp³-hybridized carbons (Fsp3) is 0.214. The monoisotopic (exact) mass is 244 g/mol. The SMILES string of the molecule is Cc1cscc1C(=O)c1ccc2c(c1)COC2. The van der Waals surface area contributed by atoms with Crippen LogP contribution in [0.15, 0.2) is 29.0 Å². The van der Waals surface area contributed by atoms with Crippen LogP contribution in [0.25, 0.3) is 0 Å². The van der Waals surface area contributed by atoms with Crippen LogP contribution in [0.4, 0.5) is 0 Å². The molecule has 0 radical (unpaired) electrons. The lowest BCUT2D eigenvalue weighted by molar-refractivity contribution is 0.103. The molecule has 0 unspecified atom stereocenters. The van der Waals surface area contributed by atoms with E-state index in [2.05, 4.69) is 0 Å². The number of ether oxygens (including phenoxy) is 1. The van der Waals surface area contributed by atoms with Crippen LogP contribution in [-0.2, 0) is 18.0 Å². The van der Waals surface area contributed by atoms with E-state index in [1.807, 2.05) is 35.9 Å². The van der Waals surface area contributed by atoms with E-state index in [1.54, 1.807) is 11.3 Å². The van der Waals surface area contributed by atoms with Gasteiger partial charge in [0.1, 0.15) is 0 Å². The van der Waals surface area contributed by atoms with E-state index in [4.69, 9.17) is 4.74 Å². The zero-order chi connectivity index (χ0) is 11.8. The lowest BCUT2D eigenvalue weighted by Crippen LogP contribution is -2.02. The number of benzene rings is 1. The van der Waals surface area contributed by atoms with E-state index in [-0.39, 0.29) is 5.78 Å². The summed E-state index contributed by atoms with van der Waals surface area (Å²) < 4.78 is 5.35. The van der Waals surface area contributed by atoms with E-state index in [1.165, 1.54) is 5.56 Å². The highest BCUT2D eigenvalue weighted by atomic mass is 32.1. The summed E-state index contributed by atoms with van der Waals surface area (Å²) in [7, 11) is 0. The minimum atomic E-state index is 0.110. The smallest absolute Gasteiger partial charge is 0.194 e. The first-order valence-corrected chi connectivity index (χ1v) is 6.47. The lowest BCUT2D eigenvalue weighted by Gasteiger charge is -2.03. The van der Waals surface area contributed by atoms with Gasteiger partial charge >= 0.3 is 0 Å². The Balaban J connectivity index is 2.00. The van der Waals surface area contributed by atoms with E-state index in [9.17, 15) is 4.79 Å². The Kier molecular flexibility index (Phi) is 2.57. The number of carbonyl (C=O) groups is 1. The summed E-state index contributed by atoms with van der Waals surface area (Å²) in [5.41, 5.74) is 4.97. The molecule has 0 aliphatic carbocycles. The lowest BCUT2D eigenvalue weighted by atomic mass is 9.99. The Morgan fingerprint density at radius 1 is 1.24 bits per heavy atom. The van der Waals surface area contributed by atoms with Crippen LogP contribution in [0.3, 0.4) is 0 Å². The minimum Gasteiger partial charge on any atom is -0.372 e. The molecule has 0 spiro atoms. The van der Waals surface area contributed by atoms with Crippen LogP contribution < -0.4 is 0 Å². The molecule has 86 valence electrons.